The highest BCUT2D eigenvalue weighted by atomic mass is 16.4. The number of carbonyl (C=O) groups is 1. The van der Waals surface area contributed by atoms with Crippen molar-refractivity contribution in [2.75, 3.05) is 0 Å². The molecule has 0 amide bonds. The molecule has 128 valence electrons. The standard InChI is InChI=1S/C17H34BNO3/c1-5-8-12(3)15-13(6-2)11-17(19,16(20)21)14(15)9-7-10-18(4)22/h12-15,22H,5-11,19H2,1-4H3,(H,20,21). The van der Waals surface area contributed by atoms with Gasteiger partial charge in [0.25, 0.3) is 6.92 Å². The van der Waals surface area contributed by atoms with E-state index in [-0.39, 0.29) is 12.8 Å². The summed E-state index contributed by atoms with van der Waals surface area (Å²) in [6.07, 6.45) is 6.22. The summed E-state index contributed by atoms with van der Waals surface area (Å²) < 4.78 is 0. The van der Waals surface area contributed by atoms with Crippen LogP contribution in [-0.4, -0.2) is 28.6 Å². The van der Waals surface area contributed by atoms with Crippen molar-refractivity contribution >= 4 is 12.9 Å². The number of hydrogen-bond donors (Lipinski definition) is 3. The third-order valence-electron chi connectivity index (χ3n) is 5.73. The third kappa shape index (κ3) is 4.26. The van der Waals surface area contributed by atoms with Crippen LogP contribution in [0.4, 0.5) is 0 Å². The summed E-state index contributed by atoms with van der Waals surface area (Å²) in [4.78, 5) is 11.8. The van der Waals surface area contributed by atoms with Crippen LogP contribution in [0, 0.1) is 23.7 Å². The van der Waals surface area contributed by atoms with Gasteiger partial charge in [0.15, 0.2) is 0 Å². The van der Waals surface area contributed by atoms with Crippen molar-refractivity contribution in [1.82, 2.24) is 0 Å². The van der Waals surface area contributed by atoms with Crippen molar-refractivity contribution in [3.05, 3.63) is 0 Å². The Labute approximate surface area is 136 Å². The van der Waals surface area contributed by atoms with E-state index in [2.05, 4.69) is 20.8 Å². The van der Waals surface area contributed by atoms with Gasteiger partial charge in [-0.15, -0.1) is 0 Å². The molecule has 4 nitrogen and oxygen atoms in total. The number of nitrogens with two attached hydrogens (primary N) is 1. The first-order valence-corrected chi connectivity index (χ1v) is 8.98. The van der Waals surface area contributed by atoms with Gasteiger partial charge < -0.3 is 15.9 Å². The summed E-state index contributed by atoms with van der Waals surface area (Å²) in [5, 5.41) is 19.2. The highest BCUT2D eigenvalue weighted by Crippen LogP contribution is 2.51. The van der Waals surface area contributed by atoms with Gasteiger partial charge in [-0.1, -0.05) is 53.3 Å². The molecule has 1 aliphatic carbocycles. The number of hydrogen-bond acceptors (Lipinski definition) is 3. The summed E-state index contributed by atoms with van der Waals surface area (Å²) in [6.45, 7) is 8.05. The van der Waals surface area contributed by atoms with E-state index in [0.717, 1.165) is 38.4 Å². The van der Waals surface area contributed by atoms with Crippen molar-refractivity contribution < 1.29 is 14.9 Å². The second kappa shape index (κ2) is 8.35. The van der Waals surface area contributed by atoms with E-state index < -0.39 is 11.5 Å². The van der Waals surface area contributed by atoms with Crippen LogP contribution >= 0.6 is 0 Å². The van der Waals surface area contributed by atoms with Crippen molar-refractivity contribution in [3.63, 3.8) is 0 Å². The number of rotatable bonds is 9. The highest BCUT2D eigenvalue weighted by Gasteiger charge is 2.55. The maximum atomic E-state index is 11.8. The minimum atomic E-state index is -1.09. The van der Waals surface area contributed by atoms with Crippen LogP contribution < -0.4 is 5.73 Å². The maximum absolute atomic E-state index is 11.8. The van der Waals surface area contributed by atoms with Gasteiger partial charge in [0.2, 0.25) is 0 Å². The summed E-state index contributed by atoms with van der Waals surface area (Å²) in [5.74, 6) is 0.477. The minimum Gasteiger partial charge on any atom is -0.480 e. The first-order valence-electron chi connectivity index (χ1n) is 8.98. The van der Waals surface area contributed by atoms with Gasteiger partial charge in [-0.2, -0.15) is 0 Å². The first-order chi connectivity index (χ1) is 10.3. The average molecular weight is 311 g/mol. The molecule has 5 atom stereocenters. The molecular formula is C17H34BNO3. The van der Waals surface area contributed by atoms with Gasteiger partial charge in [-0.25, -0.2) is 0 Å². The Balaban J connectivity index is 2.98. The predicted octanol–water partition coefficient (Wildman–Crippen LogP) is 3.26. The zero-order chi connectivity index (χ0) is 16.9. The fourth-order valence-corrected chi connectivity index (χ4v) is 4.65. The summed E-state index contributed by atoms with van der Waals surface area (Å²) in [6, 6.07) is 0. The molecule has 0 heterocycles. The predicted molar refractivity (Wildman–Crippen MR) is 91.9 cm³/mol. The molecule has 0 aromatic rings. The molecule has 0 spiro atoms. The molecule has 5 unspecified atom stereocenters. The summed E-state index contributed by atoms with van der Waals surface area (Å²) in [5.41, 5.74) is 5.30. The lowest BCUT2D eigenvalue weighted by Gasteiger charge is -2.34. The van der Waals surface area contributed by atoms with Crippen LogP contribution in [0.1, 0.15) is 59.3 Å². The highest BCUT2D eigenvalue weighted by molar-refractivity contribution is 6.48. The Kier molecular flexibility index (Phi) is 7.40. The Hall–Kier alpha value is -0.545. The molecule has 1 aliphatic rings. The Morgan fingerprint density at radius 1 is 1.45 bits per heavy atom. The molecule has 0 aromatic carbocycles. The molecule has 1 rings (SSSR count). The van der Waals surface area contributed by atoms with E-state index in [0.29, 0.717) is 24.2 Å². The fraction of sp³-hybridized carbons (Fsp3) is 0.941. The van der Waals surface area contributed by atoms with Gasteiger partial charge in [0.1, 0.15) is 5.54 Å². The zero-order valence-electron chi connectivity index (χ0n) is 14.7. The van der Waals surface area contributed by atoms with Crippen LogP contribution in [-0.2, 0) is 4.79 Å². The molecule has 1 fully saturated rings. The molecule has 0 aromatic heterocycles. The second-order valence-corrected chi connectivity index (χ2v) is 7.45. The molecule has 0 aliphatic heterocycles. The molecule has 4 N–H and O–H groups in total. The number of carboxylic acids is 1. The van der Waals surface area contributed by atoms with Crippen molar-refractivity contribution in [2.24, 2.45) is 29.4 Å². The lowest BCUT2D eigenvalue weighted by molar-refractivity contribution is -0.145. The largest absolute Gasteiger partial charge is 0.480 e. The molecular weight excluding hydrogens is 277 g/mol. The third-order valence-corrected chi connectivity index (χ3v) is 5.73. The lowest BCUT2D eigenvalue weighted by atomic mass is 9.65. The van der Waals surface area contributed by atoms with Gasteiger partial charge >= 0.3 is 5.97 Å². The van der Waals surface area contributed by atoms with Gasteiger partial charge in [-0.05, 0) is 42.8 Å². The van der Waals surface area contributed by atoms with Crippen LogP contribution in [0.3, 0.4) is 0 Å². The van der Waals surface area contributed by atoms with Crippen molar-refractivity contribution in [3.8, 4) is 0 Å². The SMILES string of the molecule is CCCC(C)C1C(CC)CC(N)(C(=O)O)C1CCCB(C)O. The zero-order valence-corrected chi connectivity index (χ0v) is 14.7. The van der Waals surface area contributed by atoms with Gasteiger partial charge in [0.05, 0.1) is 0 Å². The van der Waals surface area contributed by atoms with Crippen LogP contribution in [0.15, 0.2) is 0 Å². The van der Waals surface area contributed by atoms with E-state index in [1.807, 2.05) is 0 Å². The summed E-state index contributed by atoms with van der Waals surface area (Å²) >= 11 is 0. The first kappa shape index (κ1) is 19.5. The maximum Gasteiger partial charge on any atom is 0.323 e. The fourth-order valence-electron chi connectivity index (χ4n) is 4.65. The van der Waals surface area contributed by atoms with Crippen LogP contribution in [0.2, 0.25) is 13.1 Å². The monoisotopic (exact) mass is 311 g/mol. The Bertz CT molecular complexity index is 364. The topological polar surface area (TPSA) is 83.6 Å². The quantitative estimate of drug-likeness (QED) is 0.571. The van der Waals surface area contributed by atoms with Crippen molar-refractivity contribution in [1.29, 1.82) is 0 Å². The second-order valence-electron chi connectivity index (χ2n) is 7.45. The number of carboxylic acid groups (broad SMARTS) is 1. The van der Waals surface area contributed by atoms with E-state index in [1.54, 1.807) is 6.82 Å². The summed E-state index contributed by atoms with van der Waals surface area (Å²) in [7, 11) is 0. The molecule has 0 saturated heterocycles. The molecule has 5 heteroatoms. The average Bonchev–Trinajstić information content (AvgIpc) is 2.73. The van der Waals surface area contributed by atoms with Crippen molar-refractivity contribution in [2.45, 2.75) is 78.0 Å². The minimum absolute atomic E-state index is 0.0234. The smallest absolute Gasteiger partial charge is 0.323 e. The normalized spacial score (nSPS) is 32.9. The van der Waals surface area contributed by atoms with Gasteiger partial charge in [-0.3, -0.25) is 4.79 Å². The Morgan fingerprint density at radius 3 is 2.55 bits per heavy atom. The Morgan fingerprint density at radius 2 is 2.09 bits per heavy atom. The molecule has 1 saturated carbocycles. The van der Waals surface area contributed by atoms with Crippen LogP contribution in [0.25, 0.3) is 0 Å². The van der Waals surface area contributed by atoms with E-state index in [4.69, 9.17) is 5.73 Å². The van der Waals surface area contributed by atoms with E-state index >= 15 is 0 Å². The molecule has 0 bridgehead atoms. The molecule has 0 radical (unpaired) electrons. The van der Waals surface area contributed by atoms with E-state index in [9.17, 15) is 14.9 Å². The van der Waals surface area contributed by atoms with Gasteiger partial charge in [0, 0.05) is 0 Å². The van der Waals surface area contributed by atoms with E-state index in [1.165, 1.54) is 0 Å². The lowest BCUT2D eigenvalue weighted by Crippen LogP contribution is -2.52. The number of aliphatic carboxylic acids is 1. The van der Waals surface area contributed by atoms with Crippen LogP contribution in [0.5, 0.6) is 0 Å². The molecule has 22 heavy (non-hydrogen) atoms.